The third kappa shape index (κ3) is 4.27. The maximum absolute atomic E-state index is 11.5. The number of rotatable bonds is 6. The van der Waals surface area contributed by atoms with Crippen LogP contribution < -0.4 is 4.91 Å². The molecule has 18 heavy (non-hydrogen) atoms. The quantitative estimate of drug-likeness (QED) is 0.358. The van der Waals surface area contributed by atoms with E-state index in [0.29, 0.717) is 18.4 Å². The first kappa shape index (κ1) is 13.7. The Morgan fingerprint density at radius 3 is 2.56 bits per heavy atom. The maximum Gasteiger partial charge on any atom is 0.305 e. The number of nitrogens with one attached hydrogen (secondary N) is 1. The third-order valence-electron chi connectivity index (χ3n) is 2.41. The average molecular weight is 248 g/mol. The van der Waals surface area contributed by atoms with Crippen molar-refractivity contribution in [3.05, 3.63) is 35.4 Å². The lowest BCUT2D eigenvalue weighted by Crippen LogP contribution is -2.04. The van der Waals surface area contributed by atoms with Gasteiger partial charge in [0.25, 0.3) is 0 Å². The van der Waals surface area contributed by atoms with E-state index in [4.69, 9.17) is 5.53 Å². The molecule has 1 aromatic rings. The first-order valence-corrected chi connectivity index (χ1v) is 5.39. The molecule has 0 amide bonds. The summed E-state index contributed by atoms with van der Waals surface area (Å²) in [6, 6.07) is 6.92. The first-order valence-electron chi connectivity index (χ1n) is 5.39. The van der Waals surface area contributed by atoms with Crippen molar-refractivity contribution in [2.75, 3.05) is 13.7 Å². The SMILES string of the molecule is COC(=O)CCc1ccc(C(=O)CN=[N+]=N)cc1. The zero-order chi connectivity index (χ0) is 13.4. The van der Waals surface area contributed by atoms with Gasteiger partial charge in [-0.15, -0.1) is 0 Å². The molecule has 1 aromatic carbocycles. The third-order valence-corrected chi connectivity index (χ3v) is 2.41. The lowest BCUT2D eigenvalue weighted by molar-refractivity contribution is -0.140. The van der Waals surface area contributed by atoms with Gasteiger partial charge in [0, 0.05) is 12.0 Å². The Hall–Kier alpha value is -2.33. The van der Waals surface area contributed by atoms with E-state index < -0.39 is 0 Å². The van der Waals surface area contributed by atoms with E-state index in [2.05, 4.69) is 14.8 Å². The Bertz CT molecular complexity index is 476. The molecular weight excluding hydrogens is 234 g/mol. The number of methoxy groups -OCH3 is 1. The van der Waals surface area contributed by atoms with Gasteiger partial charge in [0.15, 0.2) is 12.3 Å². The highest BCUT2D eigenvalue weighted by molar-refractivity contribution is 5.97. The molecule has 0 aliphatic carbocycles. The summed E-state index contributed by atoms with van der Waals surface area (Å²) in [4.78, 5) is 25.3. The predicted molar refractivity (Wildman–Crippen MR) is 63.3 cm³/mol. The van der Waals surface area contributed by atoms with E-state index in [1.807, 2.05) is 0 Å². The second-order valence-corrected chi connectivity index (χ2v) is 3.60. The Balaban J connectivity index is 2.59. The Labute approximate surface area is 104 Å². The zero-order valence-corrected chi connectivity index (χ0v) is 10.0. The Morgan fingerprint density at radius 1 is 1.33 bits per heavy atom. The molecule has 1 N–H and O–H groups in total. The van der Waals surface area contributed by atoms with Crippen LogP contribution in [0.25, 0.3) is 0 Å². The van der Waals surface area contributed by atoms with Crippen molar-refractivity contribution < 1.29 is 14.3 Å². The van der Waals surface area contributed by atoms with Gasteiger partial charge in [-0.3, -0.25) is 9.59 Å². The fourth-order valence-corrected chi connectivity index (χ4v) is 1.40. The summed E-state index contributed by atoms with van der Waals surface area (Å²) in [6.45, 7) is -0.120. The van der Waals surface area contributed by atoms with E-state index in [-0.39, 0.29) is 18.3 Å². The van der Waals surface area contributed by atoms with Gasteiger partial charge in [0.2, 0.25) is 4.91 Å². The molecule has 0 aromatic heterocycles. The fraction of sp³-hybridized carbons (Fsp3) is 0.333. The normalized spacial score (nSPS) is 9.39. The van der Waals surface area contributed by atoms with Crippen LogP contribution in [0.15, 0.2) is 29.4 Å². The number of esters is 1. The zero-order valence-electron chi connectivity index (χ0n) is 10.0. The summed E-state index contributed by atoms with van der Waals surface area (Å²) in [5.74, 6) is -0.448. The number of hydrogen-bond donors (Lipinski definition) is 1. The van der Waals surface area contributed by atoms with Crippen molar-refractivity contribution in [2.24, 2.45) is 5.11 Å². The summed E-state index contributed by atoms with van der Waals surface area (Å²) in [5.41, 5.74) is 7.94. The van der Waals surface area contributed by atoms with Crippen LogP contribution in [0.3, 0.4) is 0 Å². The largest absolute Gasteiger partial charge is 0.469 e. The minimum atomic E-state index is -0.258. The van der Waals surface area contributed by atoms with E-state index in [1.165, 1.54) is 7.11 Å². The van der Waals surface area contributed by atoms with E-state index in [9.17, 15) is 9.59 Å². The van der Waals surface area contributed by atoms with Gasteiger partial charge in [-0.05, 0) is 12.0 Å². The van der Waals surface area contributed by atoms with E-state index in [0.717, 1.165) is 5.56 Å². The first-order chi connectivity index (χ1) is 8.67. The number of Topliss-reactive ketones (excluding diaryl/α,β-unsaturated/α-hetero) is 1. The molecule has 94 valence electrons. The van der Waals surface area contributed by atoms with Crippen LogP contribution in [0, 0.1) is 5.53 Å². The minimum Gasteiger partial charge on any atom is -0.469 e. The molecule has 0 unspecified atom stereocenters. The van der Waals surface area contributed by atoms with Crippen molar-refractivity contribution >= 4 is 11.8 Å². The number of carbonyl (C=O) groups excluding carboxylic acids is 2. The molecule has 0 fully saturated rings. The molecule has 0 atom stereocenters. The van der Waals surface area contributed by atoms with Gasteiger partial charge in [0.05, 0.1) is 7.11 Å². The number of carbonyl (C=O) groups is 2. The van der Waals surface area contributed by atoms with Crippen LogP contribution >= 0.6 is 0 Å². The highest BCUT2D eigenvalue weighted by Gasteiger charge is 2.08. The van der Waals surface area contributed by atoms with Crippen molar-refractivity contribution in [3.8, 4) is 0 Å². The predicted octanol–water partition coefficient (Wildman–Crippen LogP) is 1.53. The molecule has 0 bridgehead atoms. The number of nitrogens with zero attached hydrogens (tertiary/aromatic N) is 2. The smallest absolute Gasteiger partial charge is 0.305 e. The van der Waals surface area contributed by atoms with Gasteiger partial charge < -0.3 is 4.74 Å². The standard InChI is InChI=1S/C12H14N3O3/c1-18-12(17)7-4-9-2-5-10(6-3-9)11(16)8-14-15-13/h2-3,5-6,13H,4,7-8H2,1H3/q+1. The number of ether oxygens (including phenoxy) is 1. The summed E-state index contributed by atoms with van der Waals surface area (Å²) in [6.07, 6.45) is 0.893. The topological polar surface area (TPSA) is 93.7 Å². The van der Waals surface area contributed by atoms with Crippen molar-refractivity contribution in [3.63, 3.8) is 0 Å². The molecule has 6 nitrogen and oxygen atoms in total. The second-order valence-electron chi connectivity index (χ2n) is 3.60. The highest BCUT2D eigenvalue weighted by atomic mass is 16.5. The molecule has 0 heterocycles. The van der Waals surface area contributed by atoms with Crippen LogP contribution in [0.2, 0.25) is 0 Å². The molecule has 1 rings (SSSR count). The molecule has 0 aliphatic rings. The maximum atomic E-state index is 11.5. The van der Waals surface area contributed by atoms with Crippen molar-refractivity contribution in [1.29, 1.82) is 5.53 Å². The van der Waals surface area contributed by atoms with Crippen LogP contribution in [-0.2, 0) is 16.0 Å². The highest BCUT2D eigenvalue weighted by Crippen LogP contribution is 2.08. The van der Waals surface area contributed by atoms with E-state index >= 15 is 0 Å². The molecule has 0 saturated heterocycles. The lowest BCUT2D eigenvalue weighted by atomic mass is 10.1. The monoisotopic (exact) mass is 248 g/mol. The van der Waals surface area contributed by atoms with Crippen LogP contribution in [0.5, 0.6) is 0 Å². The summed E-state index contributed by atoms with van der Waals surface area (Å²) in [7, 11) is 1.35. The minimum absolute atomic E-state index is 0.120. The Morgan fingerprint density at radius 2 is 2.00 bits per heavy atom. The number of benzene rings is 1. The fourth-order valence-electron chi connectivity index (χ4n) is 1.40. The van der Waals surface area contributed by atoms with Crippen LogP contribution in [-0.4, -0.2) is 25.4 Å². The summed E-state index contributed by atoms with van der Waals surface area (Å²) >= 11 is 0. The van der Waals surface area contributed by atoms with E-state index in [1.54, 1.807) is 24.3 Å². The Kier molecular flexibility index (Phi) is 5.41. The van der Waals surface area contributed by atoms with Crippen molar-refractivity contribution in [1.82, 2.24) is 4.91 Å². The second kappa shape index (κ2) is 7.09. The van der Waals surface area contributed by atoms with Gasteiger partial charge in [-0.25, -0.2) is 0 Å². The van der Waals surface area contributed by atoms with Crippen LogP contribution in [0.4, 0.5) is 0 Å². The van der Waals surface area contributed by atoms with Gasteiger partial charge in [-0.1, -0.05) is 24.3 Å². The lowest BCUT2D eigenvalue weighted by Gasteiger charge is -2.01. The number of hydrogen-bond acceptors (Lipinski definition) is 5. The number of aryl methyl sites for hydroxylation is 1. The summed E-state index contributed by atoms with van der Waals surface area (Å²) < 4.78 is 4.54. The molecular formula is C12H14N3O3+. The molecule has 6 heteroatoms. The van der Waals surface area contributed by atoms with Gasteiger partial charge in [-0.2, -0.15) is 0 Å². The van der Waals surface area contributed by atoms with Crippen LogP contribution in [0.1, 0.15) is 22.3 Å². The van der Waals surface area contributed by atoms with Gasteiger partial charge >= 0.3 is 5.97 Å². The average Bonchev–Trinajstić information content (AvgIpc) is 2.42. The summed E-state index contributed by atoms with van der Waals surface area (Å²) in [5, 5.41) is 3.32. The molecule has 0 radical (unpaired) electrons. The molecule has 0 spiro atoms. The molecule has 0 saturated carbocycles. The molecule has 0 aliphatic heterocycles. The number of ketones is 1. The van der Waals surface area contributed by atoms with Gasteiger partial charge in [0.1, 0.15) is 10.6 Å². The van der Waals surface area contributed by atoms with Crippen molar-refractivity contribution in [2.45, 2.75) is 12.8 Å².